The number of hydrogen-bond acceptors (Lipinski definition) is 6. The van der Waals surface area contributed by atoms with Gasteiger partial charge in [0.05, 0.1) is 0 Å². The summed E-state index contributed by atoms with van der Waals surface area (Å²) in [5.41, 5.74) is 8.17. The van der Waals surface area contributed by atoms with E-state index in [0.29, 0.717) is 26.2 Å². The lowest BCUT2D eigenvalue weighted by Crippen LogP contribution is -2.50. The van der Waals surface area contributed by atoms with E-state index >= 15 is 0 Å². The second-order valence-corrected chi connectivity index (χ2v) is 7.07. The third kappa shape index (κ3) is 4.87. The minimum atomic E-state index is -0.189. The maximum Gasteiger partial charge on any atom is 0.409 e. The van der Waals surface area contributed by atoms with E-state index in [1.54, 1.807) is 0 Å². The summed E-state index contributed by atoms with van der Waals surface area (Å²) in [7, 11) is 2.14. The maximum absolute atomic E-state index is 12.3. The molecule has 2 N–H and O–H groups in total. The lowest BCUT2D eigenvalue weighted by atomic mass is 10.1. The Balaban J connectivity index is 1.39. The number of carbonyl (C=O) groups excluding carboxylic acids is 1. The van der Waals surface area contributed by atoms with Crippen molar-refractivity contribution in [3.8, 4) is 0 Å². The Labute approximate surface area is 156 Å². The molecule has 0 bridgehead atoms. The highest BCUT2D eigenvalue weighted by Gasteiger charge is 2.23. The number of likely N-dealkylation sites (N-methyl/N-ethyl adjacent to an activating group) is 1. The monoisotopic (exact) mass is 361 g/mol. The topological polar surface area (TPSA) is 65.3 Å². The third-order valence-corrected chi connectivity index (χ3v) is 5.32. The molecule has 2 heterocycles. The molecular formula is C19H31N5O2. The van der Waals surface area contributed by atoms with Gasteiger partial charge in [0.2, 0.25) is 0 Å². The van der Waals surface area contributed by atoms with Crippen LogP contribution in [0.1, 0.15) is 5.56 Å². The van der Waals surface area contributed by atoms with Gasteiger partial charge in [-0.2, -0.15) is 0 Å². The molecule has 3 rings (SSSR count). The first-order valence-electron chi connectivity index (χ1n) is 9.53. The lowest BCUT2D eigenvalue weighted by molar-refractivity contribution is 0.0779. The highest BCUT2D eigenvalue weighted by molar-refractivity contribution is 5.68. The zero-order valence-electron chi connectivity index (χ0n) is 15.8. The Morgan fingerprint density at radius 1 is 1.04 bits per heavy atom. The summed E-state index contributed by atoms with van der Waals surface area (Å²) < 4.78 is 5.49. The first kappa shape index (κ1) is 18.9. The van der Waals surface area contributed by atoms with Crippen molar-refractivity contribution in [3.63, 3.8) is 0 Å². The minimum Gasteiger partial charge on any atom is -0.448 e. The Morgan fingerprint density at radius 3 is 2.42 bits per heavy atom. The number of amides is 1. The van der Waals surface area contributed by atoms with Gasteiger partial charge in [0.1, 0.15) is 6.61 Å². The first-order chi connectivity index (χ1) is 12.7. The van der Waals surface area contributed by atoms with Gasteiger partial charge < -0.3 is 25.2 Å². The van der Waals surface area contributed by atoms with Gasteiger partial charge in [-0.05, 0) is 18.7 Å². The molecule has 1 amide bonds. The van der Waals surface area contributed by atoms with Gasteiger partial charge in [-0.25, -0.2) is 4.79 Å². The molecule has 2 aliphatic rings. The Hall–Kier alpha value is -1.83. The second-order valence-electron chi connectivity index (χ2n) is 7.07. The van der Waals surface area contributed by atoms with Gasteiger partial charge in [0, 0.05) is 71.1 Å². The van der Waals surface area contributed by atoms with E-state index in [1.807, 2.05) is 17.0 Å². The van der Waals surface area contributed by atoms with E-state index in [-0.39, 0.29) is 6.09 Å². The van der Waals surface area contributed by atoms with Crippen LogP contribution in [0.15, 0.2) is 24.3 Å². The van der Waals surface area contributed by atoms with Crippen molar-refractivity contribution in [1.82, 2.24) is 14.7 Å². The summed E-state index contributed by atoms with van der Waals surface area (Å²) in [6.45, 7) is 9.08. The molecule has 0 atom stereocenters. The van der Waals surface area contributed by atoms with E-state index in [1.165, 1.54) is 5.69 Å². The molecule has 2 saturated heterocycles. The minimum absolute atomic E-state index is 0.189. The average Bonchev–Trinajstić information content (AvgIpc) is 2.69. The number of anilines is 1. The van der Waals surface area contributed by atoms with Gasteiger partial charge in [0.15, 0.2) is 0 Å². The summed E-state index contributed by atoms with van der Waals surface area (Å²) >= 11 is 0. The molecule has 0 aliphatic carbocycles. The van der Waals surface area contributed by atoms with Crippen molar-refractivity contribution in [2.75, 3.05) is 77.5 Å². The van der Waals surface area contributed by atoms with E-state index in [0.717, 1.165) is 51.4 Å². The van der Waals surface area contributed by atoms with Crippen LogP contribution in [-0.4, -0.2) is 93.4 Å². The molecule has 0 spiro atoms. The molecule has 0 unspecified atom stereocenters. The zero-order valence-corrected chi connectivity index (χ0v) is 15.8. The number of nitrogens with zero attached hydrogens (tertiary/aromatic N) is 4. The highest BCUT2D eigenvalue weighted by atomic mass is 16.6. The molecular weight excluding hydrogens is 330 g/mol. The molecule has 1 aromatic carbocycles. The summed E-state index contributed by atoms with van der Waals surface area (Å²) in [4.78, 5) is 21.1. The quantitative estimate of drug-likeness (QED) is 0.831. The predicted molar refractivity (Wildman–Crippen MR) is 103 cm³/mol. The Bertz CT molecular complexity index is 581. The largest absolute Gasteiger partial charge is 0.448 e. The molecule has 26 heavy (non-hydrogen) atoms. The average molecular weight is 361 g/mol. The smallest absolute Gasteiger partial charge is 0.409 e. The summed E-state index contributed by atoms with van der Waals surface area (Å²) in [6.07, 6.45) is -0.189. The van der Waals surface area contributed by atoms with Gasteiger partial charge in [-0.1, -0.05) is 18.2 Å². The number of benzene rings is 1. The highest BCUT2D eigenvalue weighted by Crippen LogP contribution is 2.21. The molecule has 144 valence electrons. The van der Waals surface area contributed by atoms with Crippen molar-refractivity contribution in [2.24, 2.45) is 5.73 Å². The van der Waals surface area contributed by atoms with Crippen LogP contribution in [0.2, 0.25) is 0 Å². The van der Waals surface area contributed by atoms with Crippen LogP contribution < -0.4 is 10.6 Å². The number of nitrogens with two attached hydrogens (primary N) is 1. The predicted octanol–water partition coefficient (Wildman–Crippen LogP) is 0.651. The van der Waals surface area contributed by atoms with Crippen molar-refractivity contribution >= 4 is 11.8 Å². The number of rotatable bonds is 5. The van der Waals surface area contributed by atoms with Crippen LogP contribution >= 0.6 is 0 Å². The first-order valence-corrected chi connectivity index (χ1v) is 9.53. The molecule has 0 aromatic heterocycles. The maximum atomic E-state index is 12.3. The fraction of sp³-hybridized carbons (Fsp3) is 0.632. The van der Waals surface area contributed by atoms with Crippen LogP contribution in [0.25, 0.3) is 0 Å². The molecule has 1 aromatic rings. The van der Waals surface area contributed by atoms with Gasteiger partial charge in [0.25, 0.3) is 0 Å². The van der Waals surface area contributed by atoms with Gasteiger partial charge in [-0.3, -0.25) is 4.90 Å². The van der Waals surface area contributed by atoms with Crippen LogP contribution in [-0.2, 0) is 11.3 Å². The molecule has 2 aliphatic heterocycles. The van der Waals surface area contributed by atoms with E-state index < -0.39 is 0 Å². The standard InChI is InChI=1S/C19H31N5O2/c1-21-6-8-22(9-7-21)14-15-26-19(25)24-12-10-23(11-13-24)18-5-3-2-4-17(18)16-20/h2-5H,6-16,20H2,1H3. The molecule has 7 heteroatoms. The number of piperazine rings is 2. The Morgan fingerprint density at radius 2 is 1.73 bits per heavy atom. The van der Waals surface area contributed by atoms with Crippen molar-refractivity contribution in [1.29, 1.82) is 0 Å². The summed E-state index contributed by atoms with van der Waals surface area (Å²) in [5.74, 6) is 0. The van der Waals surface area contributed by atoms with Gasteiger partial charge >= 0.3 is 6.09 Å². The fourth-order valence-electron chi connectivity index (χ4n) is 3.55. The number of hydrogen-bond donors (Lipinski definition) is 1. The number of ether oxygens (including phenoxy) is 1. The number of carbonyl (C=O) groups is 1. The van der Waals surface area contributed by atoms with Crippen LogP contribution in [0.3, 0.4) is 0 Å². The number of para-hydroxylation sites is 1. The molecule has 0 radical (unpaired) electrons. The molecule has 2 fully saturated rings. The van der Waals surface area contributed by atoms with Crippen LogP contribution in [0.5, 0.6) is 0 Å². The van der Waals surface area contributed by atoms with Crippen molar-refractivity contribution in [3.05, 3.63) is 29.8 Å². The summed E-state index contributed by atoms with van der Waals surface area (Å²) in [5, 5.41) is 0. The summed E-state index contributed by atoms with van der Waals surface area (Å²) in [6, 6.07) is 8.22. The van der Waals surface area contributed by atoms with Crippen LogP contribution in [0.4, 0.5) is 10.5 Å². The normalized spacial score (nSPS) is 19.6. The van der Waals surface area contributed by atoms with Crippen LogP contribution in [0, 0.1) is 0 Å². The molecule has 7 nitrogen and oxygen atoms in total. The zero-order chi connectivity index (χ0) is 18.4. The second kappa shape index (κ2) is 9.21. The van der Waals surface area contributed by atoms with Crippen molar-refractivity contribution < 1.29 is 9.53 Å². The molecule has 0 saturated carbocycles. The van der Waals surface area contributed by atoms with E-state index in [2.05, 4.69) is 33.9 Å². The Kier molecular flexibility index (Phi) is 6.71. The third-order valence-electron chi connectivity index (χ3n) is 5.32. The lowest BCUT2D eigenvalue weighted by Gasteiger charge is -2.36. The van der Waals surface area contributed by atoms with Gasteiger partial charge in [-0.15, -0.1) is 0 Å². The van der Waals surface area contributed by atoms with E-state index in [4.69, 9.17) is 10.5 Å². The SMILES string of the molecule is CN1CCN(CCOC(=O)N2CCN(c3ccccc3CN)CC2)CC1. The fourth-order valence-corrected chi connectivity index (χ4v) is 3.55. The van der Waals surface area contributed by atoms with Crippen molar-refractivity contribution in [2.45, 2.75) is 6.54 Å². The van der Waals surface area contributed by atoms with E-state index in [9.17, 15) is 4.79 Å².